The van der Waals surface area contributed by atoms with Crippen LogP contribution in [0, 0.1) is 5.92 Å². The number of nitrogens with zero attached hydrogens (tertiary/aromatic N) is 1. The van der Waals surface area contributed by atoms with Crippen LogP contribution in [0.15, 0.2) is 97.1 Å². The summed E-state index contributed by atoms with van der Waals surface area (Å²) in [6.07, 6.45) is -0.732. The Morgan fingerprint density at radius 2 is 1.53 bits per heavy atom. The summed E-state index contributed by atoms with van der Waals surface area (Å²) in [5.41, 5.74) is 7.46. The van der Waals surface area contributed by atoms with Crippen molar-refractivity contribution in [2.24, 2.45) is 5.92 Å². The van der Waals surface area contributed by atoms with Gasteiger partial charge in [0.2, 0.25) is 5.91 Å². The van der Waals surface area contributed by atoms with E-state index in [9.17, 15) is 19.2 Å². The largest absolute Gasteiger partial charge is 0.497 e. The third-order valence-corrected chi connectivity index (χ3v) is 10.5. The molecular formula is C44H45N3O8. The molecule has 55 heavy (non-hydrogen) atoms. The summed E-state index contributed by atoms with van der Waals surface area (Å²) < 4.78 is 22.2. The Hall–Kier alpha value is -6.10. The second-order valence-electron chi connectivity index (χ2n) is 14.4. The van der Waals surface area contributed by atoms with Crippen molar-refractivity contribution >= 4 is 34.8 Å². The van der Waals surface area contributed by atoms with Crippen LogP contribution in [0.1, 0.15) is 66.6 Å². The first-order valence-electron chi connectivity index (χ1n) is 18.6. The summed E-state index contributed by atoms with van der Waals surface area (Å²) in [6.45, 7) is 4.05. The van der Waals surface area contributed by atoms with Crippen molar-refractivity contribution in [3.05, 3.63) is 125 Å². The number of aromatic amines is 1. The van der Waals surface area contributed by atoms with E-state index in [1.54, 1.807) is 7.11 Å². The van der Waals surface area contributed by atoms with E-state index in [0.29, 0.717) is 12.2 Å². The summed E-state index contributed by atoms with van der Waals surface area (Å²) in [5, 5.41) is 3.61. The van der Waals surface area contributed by atoms with Crippen LogP contribution in [0.2, 0.25) is 0 Å². The summed E-state index contributed by atoms with van der Waals surface area (Å²) >= 11 is 0. The monoisotopic (exact) mass is 743 g/mol. The highest BCUT2D eigenvalue weighted by Crippen LogP contribution is 2.45. The standard InChI is InChI=1S/C44H45N3O8/c1-26(2)20-38-41-34(33-19-18-28(52-3)21-36(33)45-41)22-39(43(50)53-4)47(38)42(49)37(23-40(48)54-24-27-12-6-5-7-13-27)46-44(51)55-25-35-31-16-10-8-14-29(31)30-15-9-11-17-32(30)35/h5-19,21,26,35,37-39,45H,20,22-25H2,1-4H3,(H,46,51)/t37-,38-,39-/m0/s1. The first kappa shape index (κ1) is 37.2. The number of methoxy groups -OCH3 is 2. The molecule has 4 aromatic carbocycles. The molecule has 5 aromatic rings. The van der Waals surface area contributed by atoms with Gasteiger partial charge in [0.05, 0.1) is 26.7 Å². The molecule has 284 valence electrons. The quantitative estimate of drug-likeness (QED) is 0.101. The van der Waals surface area contributed by atoms with Gasteiger partial charge in [-0.2, -0.15) is 0 Å². The van der Waals surface area contributed by atoms with Crippen molar-refractivity contribution in [1.29, 1.82) is 0 Å². The predicted octanol–water partition coefficient (Wildman–Crippen LogP) is 7.23. The lowest BCUT2D eigenvalue weighted by Gasteiger charge is -2.42. The highest BCUT2D eigenvalue weighted by atomic mass is 16.6. The van der Waals surface area contributed by atoms with Crippen molar-refractivity contribution in [1.82, 2.24) is 15.2 Å². The maximum atomic E-state index is 15.0. The number of rotatable bonds is 12. The number of amides is 2. The molecule has 11 heteroatoms. The van der Waals surface area contributed by atoms with Crippen LogP contribution >= 0.6 is 0 Å². The SMILES string of the molecule is COC(=O)[C@@H]1Cc2c([nH]c3cc(OC)ccc23)[C@H](CC(C)C)N1C(=O)[C@H](CC(=O)OCc1ccccc1)NC(=O)OCC1c2ccccc2-c2ccccc21. The van der Waals surface area contributed by atoms with E-state index in [-0.39, 0.29) is 31.5 Å². The zero-order valence-electron chi connectivity index (χ0n) is 31.4. The molecule has 1 aliphatic heterocycles. The molecule has 0 saturated carbocycles. The lowest BCUT2D eigenvalue weighted by molar-refractivity contribution is -0.158. The van der Waals surface area contributed by atoms with Gasteiger partial charge in [-0.3, -0.25) is 9.59 Å². The molecule has 0 fully saturated rings. The zero-order chi connectivity index (χ0) is 38.6. The van der Waals surface area contributed by atoms with Crippen molar-refractivity contribution in [2.45, 2.75) is 63.8 Å². The third kappa shape index (κ3) is 7.64. The number of fused-ring (bicyclic) bond motifs is 6. The van der Waals surface area contributed by atoms with Gasteiger partial charge in [0.1, 0.15) is 31.0 Å². The van der Waals surface area contributed by atoms with E-state index in [4.69, 9.17) is 18.9 Å². The van der Waals surface area contributed by atoms with Gasteiger partial charge in [-0.05, 0) is 57.9 Å². The van der Waals surface area contributed by atoms with Crippen LogP contribution in [0.4, 0.5) is 4.79 Å². The fraction of sp³-hybridized carbons (Fsp3) is 0.318. The second kappa shape index (κ2) is 16.1. The Labute approximate surface area is 319 Å². The normalized spacial score (nSPS) is 16.5. The number of H-pyrrole nitrogens is 1. The Bertz CT molecular complexity index is 2170. The average Bonchev–Trinajstić information content (AvgIpc) is 3.73. The van der Waals surface area contributed by atoms with Gasteiger partial charge in [-0.1, -0.05) is 92.7 Å². The number of aromatic nitrogens is 1. The molecule has 2 aliphatic rings. The van der Waals surface area contributed by atoms with Gasteiger partial charge in [0, 0.05) is 35.0 Å². The number of benzene rings is 4. The number of hydrogen-bond donors (Lipinski definition) is 2. The van der Waals surface area contributed by atoms with Crippen molar-refractivity contribution < 1.29 is 38.1 Å². The lowest BCUT2D eigenvalue weighted by Crippen LogP contribution is -2.58. The molecule has 2 amide bonds. The molecule has 0 radical (unpaired) electrons. The summed E-state index contributed by atoms with van der Waals surface area (Å²) in [4.78, 5) is 60.7. The molecule has 3 atom stereocenters. The van der Waals surface area contributed by atoms with E-state index in [2.05, 4.69) is 10.3 Å². The number of nitrogens with one attached hydrogen (secondary N) is 2. The van der Waals surface area contributed by atoms with E-state index in [1.807, 2.05) is 111 Å². The fourth-order valence-corrected chi connectivity index (χ4v) is 7.98. The maximum Gasteiger partial charge on any atom is 0.407 e. The molecule has 1 aliphatic carbocycles. The van der Waals surface area contributed by atoms with Gasteiger partial charge in [-0.25, -0.2) is 9.59 Å². The minimum Gasteiger partial charge on any atom is -0.497 e. The maximum absolute atomic E-state index is 15.0. The lowest BCUT2D eigenvalue weighted by atomic mass is 9.86. The van der Waals surface area contributed by atoms with Gasteiger partial charge in [-0.15, -0.1) is 0 Å². The van der Waals surface area contributed by atoms with Crippen LogP contribution in [-0.4, -0.2) is 66.7 Å². The van der Waals surface area contributed by atoms with E-state index in [1.165, 1.54) is 12.0 Å². The molecule has 0 spiro atoms. The van der Waals surface area contributed by atoms with Gasteiger partial charge >= 0.3 is 18.0 Å². The number of carbonyl (C=O) groups excluding carboxylic acids is 4. The highest BCUT2D eigenvalue weighted by molar-refractivity contribution is 5.95. The van der Waals surface area contributed by atoms with Crippen LogP contribution < -0.4 is 10.1 Å². The Balaban J connectivity index is 1.19. The third-order valence-electron chi connectivity index (χ3n) is 10.5. The molecular weight excluding hydrogens is 698 g/mol. The molecule has 2 N–H and O–H groups in total. The number of carbonyl (C=O) groups is 4. The summed E-state index contributed by atoms with van der Waals surface area (Å²) in [5.74, 6) is -1.41. The second-order valence-corrected chi connectivity index (χ2v) is 14.4. The zero-order valence-corrected chi connectivity index (χ0v) is 31.4. The molecule has 0 unspecified atom stereocenters. The molecule has 0 bridgehead atoms. The van der Waals surface area contributed by atoms with E-state index >= 15 is 0 Å². The minimum atomic E-state index is -1.42. The van der Waals surface area contributed by atoms with Crippen molar-refractivity contribution in [3.63, 3.8) is 0 Å². The van der Waals surface area contributed by atoms with Crippen LogP contribution in [0.3, 0.4) is 0 Å². The van der Waals surface area contributed by atoms with Crippen LogP contribution in [0.25, 0.3) is 22.0 Å². The van der Waals surface area contributed by atoms with Crippen LogP contribution in [-0.2, 0) is 41.6 Å². The van der Waals surface area contributed by atoms with Gasteiger partial charge in [0.25, 0.3) is 0 Å². The number of ether oxygens (including phenoxy) is 4. The Kier molecular flexibility index (Phi) is 10.9. The fourth-order valence-electron chi connectivity index (χ4n) is 7.98. The predicted molar refractivity (Wildman–Crippen MR) is 206 cm³/mol. The Morgan fingerprint density at radius 3 is 2.18 bits per heavy atom. The highest BCUT2D eigenvalue weighted by Gasteiger charge is 2.46. The van der Waals surface area contributed by atoms with Crippen LogP contribution in [0.5, 0.6) is 5.75 Å². The van der Waals surface area contributed by atoms with E-state index < -0.39 is 48.5 Å². The smallest absolute Gasteiger partial charge is 0.407 e. The molecule has 1 aromatic heterocycles. The van der Waals surface area contributed by atoms with Gasteiger partial charge < -0.3 is 34.1 Å². The van der Waals surface area contributed by atoms with E-state index in [0.717, 1.165) is 50.0 Å². The first-order valence-corrected chi connectivity index (χ1v) is 18.6. The number of esters is 2. The molecule has 0 saturated heterocycles. The van der Waals surface area contributed by atoms with Gasteiger partial charge in [0.15, 0.2) is 0 Å². The number of alkyl carbamates (subject to hydrolysis) is 1. The van der Waals surface area contributed by atoms with Crippen molar-refractivity contribution in [3.8, 4) is 16.9 Å². The summed E-state index contributed by atoms with van der Waals surface area (Å²) in [7, 11) is 2.87. The molecule has 11 nitrogen and oxygen atoms in total. The summed E-state index contributed by atoms with van der Waals surface area (Å²) in [6, 6.07) is 27.7. The topological polar surface area (TPSA) is 136 Å². The minimum absolute atomic E-state index is 0.00554. The molecule has 7 rings (SSSR count). The molecule has 2 heterocycles. The van der Waals surface area contributed by atoms with Crippen molar-refractivity contribution in [2.75, 3.05) is 20.8 Å². The average molecular weight is 744 g/mol. The number of hydrogen-bond acceptors (Lipinski definition) is 8. The first-order chi connectivity index (χ1) is 26.7. The Morgan fingerprint density at radius 1 is 0.855 bits per heavy atom.